The van der Waals surface area contributed by atoms with Gasteiger partial charge in [-0.2, -0.15) is 23.5 Å². The predicted molar refractivity (Wildman–Crippen MR) is 105 cm³/mol. The number of aromatic hydroxyl groups is 1. The molecule has 1 aliphatic rings. The van der Waals surface area contributed by atoms with Crippen LogP contribution in [0.2, 0.25) is 0 Å². The summed E-state index contributed by atoms with van der Waals surface area (Å²) in [5, 5.41) is 24.9. The molecule has 1 fully saturated rings. The maximum absolute atomic E-state index is 13.0. The van der Waals surface area contributed by atoms with Crippen molar-refractivity contribution in [2.75, 3.05) is 13.6 Å². The van der Waals surface area contributed by atoms with Crippen molar-refractivity contribution in [2.45, 2.75) is 32.0 Å². The van der Waals surface area contributed by atoms with Gasteiger partial charge in [0.1, 0.15) is 17.5 Å². The number of aryl methyl sites for hydroxylation is 1. The number of hydrogen-bond donors (Lipinski definition) is 1. The monoisotopic (exact) mass is 429 g/mol. The van der Waals surface area contributed by atoms with Gasteiger partial charge in [0, 0.05) is 25.6 Å². The predicted octanol–water partition coefficient (Wildman–Crippen LogP) is 3.80. The number of fused-ring (bicyclic) bond motifs is 1. The first-order valence-electron chi connectivity index (χ1n) is 9.54. The van der Waals surface area contributed by atoms with E-state index in [1.54, 1.807) is 28.8 Å². The van der Waals surface area contributed by atoms with Gasteiger partial charge in [0.2, 0.25) is 5.91 Å². The second-order valence-electron chi connectivity index (χ2n) is 7.62. The van der Waals surface area contributed by atoms with Gasteiger partial charge in [0.05, 0.1) is 22.7 Å². The Labute approximate surface area is 175 Å². The van der Waals surface area contributed by atoms with Crippen LogP contribution in [0.15, 0.2) is 24.3 Å². The van der Waals surface area contributed by atoms with E-state index in [2.05, 4.69) is 16.2 Å². The number of carbonyl (C=O) groups excluding carboxylic acids is 1. The lowest BCUT2D eigenvalue weighted by Gasteiger charge is -2.29. The smallest absolute Gasteiger partial charge is 0.416 e. The molecule has 31 heavy (non-hydrogen) atoms. The third-order valence-electron chi connectivity index (χ3n) is 5.51. The van der Waals surface area contributed by atoms with Gasteiger partial charge in [0.15, 0.2) is 5.65 Å². The molecule has 10 heteroatoms. The molecule has 2 aromatic heterocycles. The molecule has 1 N–H and O–H groups in total. The summed E-state index contributed by atoms with van der Waals surface area (Å²) < 4.78 is 40.6. The second-order valence-corrected chi connectivity index (χ2v) is 7.62. The fraction of sp³-hybridized carbons (Fsp3) is 0.333. The number of rotatable bonds is 2. The average Bonchev–Trinajstić information content (AvgIpc) is 3.06. The summed E-state index contributed by atoms with van der Waals surface area (Å²) in [6.45, 7) is 1.87. The molecule has 7 nitrogen and oxygen atoms in total. The Balaban J connectivity index is 1.80. The number of carbonyl (C=O) groups is 1. The minimum atomic E-state index is -4.58. The van der Waals surface area contributed by atoms with Gasteiger partial charge in [-0.3, -0.25) is 4.79 Å². The molecule has 3 heterocycles. The van der Waals surface area contributed by atoms with Crippen molar-refractivity contribution < 1.29 is 23.1 Å². The zero-order valence-corrected chi connectivity index (χ0v) is 16.7. The van der Waals surface area contributed by atoms with Gasteiger partial charge >= 0.3 is 6.18 Å². The Morgan fingerprint density at radius 3 is 2.65 bits per heavy atom. The largest absolute Gasteiger partial charge is 0.507 e. The van der Waals surface area contributed by atoms with Crippen molar-refractivity contribution >= 4 is 16.9 Å². The van der Waals surface area contributed by atoms with Gasteiger partial charge in [-0.15, -0.1) is 0 Å². The number of likely N-dealkylation sites (tertiary alicyclic amines) is 1. The third kappa shape index (κ3) is 3.56. The van der Waals surface area contributed by atoms with Crippen LogP contribution < -0.4 is 0 Å². The lowest BCUT2D eigenvalue weighted by molar-refractivity contribution is -0.137. The molecule has 4 rings (SSSR count). The molecule has 3 aromatic rings. The van der Waals surface area contributed by atoms with Crippen LogP contribution in [-0.2, 0) is 11.0 Å². The number of alkyl halides is 3. The average molecular weight is 429 g/mol. The molecule has 1 atom stereocenters. The summed E-state index contributed by atoms with van der Waals surface area (Å²) in [6, 6.07) is 6.73. The van der Waals surface area contributed by atoms with Gasteiger partial charge in [-0.05, 0) is 43.2 Å². The molecule has 0 saturated carbocycles. The number of aromatic nitrogens is 3. The van der Waals surface area contributed by atoms with Gasteiger partial charge in [-0.25, -0.2) is 9.67 Å². The van der Waals surface area contributed by atoms with Crippen LogP contribution in [-0.4, -0.2) is 44.3 Å². The first-order chi connectivity index (χ1) is 14.6. The molecule has 0 aliphatic carbocycles. The maximum atomic E-state index is 13.0. The summed E-state index contributed by atoms with van der Waals surface area (Å²) in [6.07, 6.45) is -3.69. The van der Waals surface area contributed by atoms with Gasteiger partial charge in [0.25, 0.3) is 0 Å². The van der Waals surface area contributed by atoms with Crippen LogP contribution in [0.25, 0.3) is 22.3 Å². The van der Waals surface area contributed by atoms with Crippen molar-refractivity contribution in [2.24, 2.45) is 0 Å². The molecular weight excluding hydrogens is 411 g/mol. The Bertz CT molecular complexity index is 1220. The number of nitriles is 1. The standard InChI is InChI=1S/C21H18F3N5O2/c1-11-7-12(21(22,23)24)8-17(30)19(11)15-5-4-14-16(9-25)29(27-20(14)26-15)13-3-6-18(31)28(2)10-13/h4-5,7-8,13,30H,3,6,10H2,1-2H3/t13-/m0/s1. The Morgan fingerprint density at radius 2 is 2.03 bits per heavy atom. The van der Waals surface area contributed by atoms with Crippen LogP contribution in [0.1, 0.15) is 35.7 Å². The number of piperidine rings is 1. The van der Waals surface area contributed by atoms with E-state index >= 15 is 0 Å². The number of likely N-dealkylation sites (N-methyl/N-ethyl adjacent to an activating group) is 1. The van der Waals surface area contributed by atoms with E-state index in [-0.39, 0.29) is 34.4 Å². The van der Waals surface area contributed by atoms with Crippen LogP contribution >= 0.6 is 0 Å². The van der Waals surface area contributed by atoms with E-state index in [0.29, 0.717) is 36.5 Å². The fourth-order valence-electron chi connectivity index (χ4n) is 3.96. The molecule has 0 unspecified atom stereocenters. The summed E-state index contributed by atoms with van der Waals surface area (Å²) in [5.74, 6) is -0.508. The molecule has 1 aromatic carbocycles. The minimum absolute atomic E-state index is 0.0279. The normalized spacial score (nSPS) is 17.2. The van der Waals surface area contributed by atoms with Crippen LogP contribution in [0.3, 0.4) is 0 Å². The zero-order chi connectivity index (χ0) is 22.5. The zero-order valence-electron chi connectivity index (χ0n) is 16.7. The van der Waals surface area contributed by atoms with Crippen LogP contribution in [0.4, 0.5) is 13.2 Å². The number of nitrogens with zero attached hydrogens (tertiary/aromatic N) is 5. The molecule has 160 valence electrons. The summed E-state index contributed by atoms with van der Waals surface area (Å²) in [7, 11) is 1.69. The molecular formula is C21H18F3N5O2. The van der Waals surface area contributed by atoms with E-state index in [1.807, 2.05) is 0 Å². The highest BCUT2D eigenvalue weighted by molar-refractivity contribution is 5.85. The first-order valence-corrected chi connectivity index (χ1v) is 9.54. The highest BCUT2D eigenvalue weighted by atomic mass is 19.4. The van der Waals surface area contributed by atoms with E-state index in [1.165, 1.54) is 6.92 Å². The summed E-state index contributed by atoms with van der Waals surface area (Å²) >= 11 is 0. The molecule has 0 bridgehead atoms. The quantitative estimate of drug-likeness (QED) is 0.669. The van der Waals surface area contributed by atoms with E-state index < -0.39 is 17.5 Å². The number of pyridine rings is 1. The number of benzene rings is 1. The van der Waals surface area contributed by atoms with Crippen molar-refractivity contribution in [3.05, 3.63) is 41.1 Å². The number of phenols is 1. The van der Waals surface area contributed by atoms with Gasteiger partial charge in [-0.1, -0.05) is 0 Å². The fourth-order valence-corrected chi connectivity index (χ4v) is 3.96. The number of amides is 1. The van der Waals surface area contributed by atoms with Crippen molar-refractivity contribution in [1.82, 2.24) is 19.7 Å². The van der Waals surface area contributed by atoms with Crippen LogP contribution in [0.5, 0.6) is 5.75 Å². The van der Waals surface area contributed by atoms with Crippen LogP contribution in [0, 0.1) is 18.3 Å². The van der Waals surface area contributed by atoms with Crippen molar-refractivity contribution in [1.29, 1.82) is 5.26 Å². The topological polar surface area (TPSA) is 95.0 Å². The molecule has 1 amide bonds. The summed E-state index contributed by atoms with van der Waals surface area (Å²) in [5.41, 5.74) is 0.237. The molecule has 1 aliphatic heterocycles. The number of hydrogen-bond acceptors (Lipinski definition) is 5. The van der Waals surface area contributed by atoms with E-state index in [4.69, 9.17) is 0 Å². The lowest BCUT2D eigenvalue weighted by Crippen LogP contribution is -2.38. The first kappa shape index (κ1) is 20.7. The molecule has 1 saturated heterocycles. The summed E-state index contributed by atoms with van der Waals surface area (Å²) in [4.78, 5) is 17.8. The van der Waals surface area contributed by atoms with E-state index in [0.717, 1.165) is 6.07 Å². The van der Waals surface area contributed by atoms with Crippen molar-refractivity contribution in [3.8, 4) is 23.1 Å². The molecule has 0 radical (unpaired) electrons. The Morgan fingerprint density at radius 1 is 1.29 bits per heavy atom. The van der Waals surface area contributed by atoms with Crippen molar-refractivity contribution in [3.63, 3.8) is 0 Å². The number of halogens is 3. The Hall–Kier alpha value is -3.61. The maximum Gasteiger partial charge on any atom is 0.416 e. The van der Waals surface area contributed by atoms with E-state index in [9.17, 15) is 28.3 Å². The minimum Gasteiger partial charge on any atom is -0.507 e. The highest BCUT2D eigenvalue weighted by Crippen LogP contribution is 2.39. The SMILES string of the molecule is Cc1cc(C(F)(F)F)cc(O)c1-c1ccc2c(C#N)n([C@H]3CCC(=O)N(C)C3)nc2n1. The third-order valence-corrected chi connectivity index (χ3v) is 5.51. The number of phenolic OH excluding ortho intramolecular Hbond substituents is 1. The second kappa shape index (κ2) is 7.27. The molecule has 0 spiro atoms. The Kier molecular flexibility index (Phi) is 4.84. The van der Waals surface area contributed by atoms with Gasteiger partial charge < -0.3 is 10.0 Å². The highest BCUT2D eigenvalue weighted by Gasteiger charge is 2.32. The lowest BCUT2D eigenvalue weighted by atomic mass is 10.00.